The first-order valence-corrected chi connectivity index (χ1v) is 13.2. The van der Waals surface area contributed by atoms with Crippen molar-refractivity contribution in [3.05, 3.63) is 68.7 Å². The van der Waals surface area contributed by atoms with Crippen LogP contribution in [0.1, 0.15) is 62.4 Å². The number of hydrogen-bond acceptors (Lipinski definition) is 5. The van der Waals surface area contributed by atoms with Crippen LogP contribution in [0.15, 0.2) is 41.2 Å². The molecule has 7 heteroatoms. The molecule has 1 fully saturated rings. The van der Waals surface area contributed by atoms with Crippen LogP contribution in [0.4, 0.5) is 0 Å². The van der Waals surface area contributed by atoms with Gasteiger partial charge in [-0.05, 0) is 94.4 Å². The van der Waals surface area contributed by atoms with E-state index >= 15 is 0 Å². The van der Waals surface area contributed by atoms with E-state index in [-0.39, 0.29) is 11.0 Å². The van der Waals surface area contributed by atoms with E-state index in [2.05, 4.69) is 46.5 Å². The summed E-state index contributed by atoms with van der Waals surface area (Å²) in [4.78, 5) is 19.9. The van der Waals surface area contributed by atoms with Crippen molar-refractivity contribution in [2.75, 3.05) is 39.4 Å². The Morgan fingerprint density at radius 1 is 1.14 bits per heavy atom. The Balaban J connectivity index is 1.36. The van der Waals surface area contributed by atoms with Crippen LogP contribution in [0.3, 0.4) is 0 Å². The van der Waals surface area contributed by atoms with Crippen LogP contribution in [0.25, 0.3) is 16.6 Å². The van der Waals surface area contributed by atoms with Crippen LogP contribution >= 0.6 is 11.6 Å². The Hall–Kier alpha value is -2.25. The van der Waals surface area contributed by atoms with Crippen molar-refractivity contribution < 1.29 is 4.74 Å². The summed E-state index contributed by atoms with van der Waals surface area (Å²) in [7, 11) is 0. The molecule has 35 heavy (non-hydrogen) atoms. The first-order valence-electron chi connectivity index (χ1n) is 12.8. The lowest BCUT2D eigenvalue weighted by molar-refractivity contribution is 0.0918. The van der Waals surface area contributed by atoms with Crippen molar-refractivity contribution in [3.63, 3.8) is 0 Å². The van der Waals surface area contributed by atoms with Gasteiger partial charge < -0.3 is 15.4 Å². The number of rotatable bonds is 8. The fourth-order valence-corrected chi connectivity index (χ4v) is 5.91. The molecule has 5 rings (SSSR count). The molecule has 2 aliphatic rings. The molecule has 186 valence electrons. The quantitative estimate of drug-likeness (QED) is 0.463. The maximum Gasteiger partial charge on any atom is 0.282 e. The number of unbranched alkanes of at least 4 members (excludes halogenated alkanes) is 1. The third-order valence-corrected chi connectivity index (χ3v) is 8.03. The second-order valence-electron chi connectivity index (χ2n) is 10.3. The van der Waals surface area contributed by atoms with Gasteiger partial charge in [-0.1, -0.05) is 29.8 Å². The minimum absolute atomic E-state index is 0.256. The van der Waals surface area contributed by atoms with E-state index in [1.807, 2.05) is 12.1 Å². The zero-order valence-corrected chi connectivity index (χ0v) is 21.5. The maximum atomic E-state index is 12.9. The largest absolute Gasteiger partial charge is 0.380 e. The van der Waals surface area contributed by atoms with E-state index in [0.717, 1.165) is 82.1 Å². The van der Waals surface area contributed by atoms with Crippen molar-refractivity contribution in [2.24, 2.45) is 5.73 Å². The van der Waals surface area contributed by atoms with Crippen molar-refractivity contribution in [3.8, 4) is 5.69 Å². The number of nitrogens with two attached hydrogens (primary N) is 1. The summed E-state index contributed by atoms with van der Waals surface area (Å²) in [5.74, 6) is 1.31. The SMILES string of the molecule is CC1(C)c2ccc(C3CCN(CCOCCCCN)CC3)cc2-n2c1nc(=O)c1c(Cl)cccc12. The minimum atomic E-state index is -0.350. The molecule has 2 aromatic carbocycles. The van der Waals surface area contributed by atoms with Crippen LogP contribution in [0.2, 0.25) is 5.02 Å². The van der Waals surface area contributed by atoms with Gasteiger partial charge in [-0.25, -0.2) is 0 Å². The van der Waals surface area contributed by atoms with Gasteiger partial charge in [0.25, 0.3) is 5.56 Å². The molecule has 6 nitrogen and oxygen atoms in total. The highest BCUT2D eigenvalue weighted by atomic mass is 35.5. The number of likely N-dealkylation sites (tertiary alicyclic amines) is 1. The van der Waals surface area contributed by atoms with Crippen LogP contribution < -0.4 is 11.3 Å². The zero-order chi connectivity index (χ0) is 24.6. The zero-order valence-electron chi connectivity index (χ0n) is 20.7. The number of benzene rings is 2. The molecule has 3 heterocycles. The molecule has 0 unspecified atom stereocenters. The first kappa shape index (κ1) is 24.4. The molecular weight excluding hydrogens is 460 g/mol. The van der Waals surface area contributed by atoms with Gasteiger partial charge in [0.05, 0.1) is 33.6 Å². The summed E-state index contributed by atoms with van der Waals surface area (Å²) >= 11 is 6.42. The fourth-order valence-electron chi connectivity index (χ4n) is 5.66. The summed E-state index contributed by atoms with van der Waals surface area (Å²) in [6.07, 6.45) is 4.35. The number of hydrogen-bond donors (Lipinski definition) is 1. The summed E-state index contributed by atoms with van der Waals surface area (Å²) in [5, 5.41) is 0.943. The second-order valence-corrected chi connectivity index (χ2v) is 10.7. The second kappa shape index (κ2) is 10.0. The maximum absolute atomic E-state index is 12.9. The average molecular weight is 495 g/mol. The van der Waals surface area contributed by atoms with Crippen LogP contribution in [-0.2, 0) is 10.2 Å². The molecule has 0 spiro atoms. The van der Waals surface area contributed by atoms with Gasteiger partial charge >= 0.3 is 0 Å². The van der Waals surface area contributed by atoms with Gasteiger partial charge in [0.2, 0.25) is 0 Å². The molecule has 0 bridgehead atoms. The van der Waals surface area contributed by atoms with Gasteiger partial charge in [0.15, 0.2) is 0 Å². The van der Waals surface area contributed by atoms with Gasteiger partial charge in [-0.2, -0.15) is 4.98 Å². The van der Waals surface area contributed by atoms with E-state index in [1.165, 1.54) is 11.1 Å². The molecule has 0 atom stereocenters. The fraction of sp³-hybridized carbons (Fsp3) is 0.500. The number of halogens is 1. The highest BCUT2D eigenvalue weighted by Gasteiger charge is 2.39. The highest BCUT2D eigenvalue weighted by molar-refractivity contribution is 6.35. The Kier molecular flexibility index (Phi) is 6.99. The number of ether oxygens (including phenoxy) is 1. The van der Waals surface area contributed by atoms with E-state index in [0.29, 0.717) is 16.3 Å². The highest BCUT2D eigenvalue weighted by Crippen LogP contribution is 2.44. The van der Waals surface area contributed by atoms with E-state index < -0.39 is 0 Å². The first-order chi connectivity index (χ1) is 16.9. The number of fused-ring (bicyclic) bond motifs is 5. The summed E-state index contributed by atoms with van der Waals surface area (Å²) in [5.41, 5.74) is 9.44. The normalized spacial score (nSPS) is 17.6. The lowest BCUT2D eigenvalue weighted by atomic mass is 9.83. The third kappa shape index (κ3) is 4.53. The Labute approximate surface area is 212 Å². The summed E-state index contributed by atoms with van der Waals surface area (Å²) in [6, 6.07) is 12.5. The lowest BCUT2D eigenvalue weighted by Crippen LogP contribution is -2.35. The number of piperidine rings is 1. The van der Waals surface area contributed by atoms with Crippen LogP contribution in [0.5, 0.6) is 0 Å². The molecule has 2 N–H and O–H groups in total. The predicted molar refractivity (Wildman–Crippen MR) is 142 cm³/mol. The number of aromatic nitrogens is 2. The smallest absolute Gasteiger partial charge is 0.282 e. The van der Waals surface area contributed by atoms with Crippen LogP contribution in [-0.4, -0.2) is 53.8 Å². The monoisotopic (exact) mass is 494 g/mol. The average Bonchev–Trinajstić information content (AvgIpc) is 3.08. The molecule has 1 saturated heterocycles. The molecule has 0 amide bonds. The molecule has 0 radical (unpaired) electrons. The predicted octanol–water partition coefficient (Wildman–Crippen LogP) is 4.61. The van der Waals surface area contributed by atoms with Crippen molar-refractivity contribution in [1.29, 1.82) is 0 Å². The Bertz CT molecular complexity index is 1280. The Morgan fingerprint density at radius 2 is 1.94 bits per heavy atom. The molecule has 2 aliphatic heterocycles. The molecular formula is C28H35ClN4O2. The number of nitrogens with zero attached hydrogens (tertiary/aromatic N) is 3. The molecule has 1 aromatic heterocycles. The van der Waals surface area contributed by atoms with Crippen molar-refractivity contribution >= 4 is 22.5 Å². The summed E-state index contributed by atoms with van der Waals surface area (Å²) < 4.78 is 7.92. The van der Waals surface area contributed by atoms with Gasteiger partial charge in [0, 0.05) is 13.2 Å². The summed E-state index contributed by atoms with van der Waals surface area (Å²) in [6.45, 7) is 9.79. The third-order valence-electron chi connectivity index (χ3n) is 7.71. The van der Waals surface area contributed by atoms with E-state index in [4.69, 9.17) is 22.1 Å². The Morgan fingerprint density at radius 3 is 2.71 bits per heavy atom. The van der Waals surface area contributed by atoms with Gasteiger partial charge in [-0.3, -0.25) is 9.36 Å². The van der Waals surface area contributed by atoms with E-state index in [1.54, 1.807) is 6.07 Å². The molecule has 0 saturated carbocycles. The van der Waals surface area contributed by atoms with Crippen LogP contribution in [0, 0.1) is 0 Å². The molecule has 0 aliphatic carbocycles. The minimum Gasteiger partial charge on any atom is -0.380 e. The van der Waals surface area contributed by atoms with Gasteiger partial charge in [0.1, 0.15) is 5.82 Å². The van der Waals surface area contributed by atoms with E-state index in [9.17, 15) is 4.79 Å². The van der Waals surface area contributed by atoms with Crippen molar-refractivity contribution in [1.82, 2.24) is 14.5 Å². The van der Waals surface area contributed by atoms with Crippen molar-refractivity contribution in [2.45, 2.75) is 50.9 Å². The standard InChI is InChI=1S/C28H35ClN4O2/c1-28(2)21-9-8-20(19-10-13-32(14-11-19)15-17-35-16-4-3-12-30)18-24(21)33-23-7-5-6-22(29)25(23)26(34)31-27(28)33/h5-9,18-19H,3-4,10-17,30H2,1-2H3. The topological polar surface area (TPSA) is 73.4 Å². The lowest BCUT2D eigenvalue weighted by Gasteiger charge is -2.32. The van der Waals surface area contributed by atoms with Gasteiger partial charge in [-0.15, -0.1) is 0 Å². The molecule has 3 aromatic rings.